The van der Waals surface area contributed by atoms with E-state index in [0.717, 1.165) is 30.0 Å². The van der Waals surface area contributed by atoms with Crippen LogP contribution >= 0.6 is 0 Å². The molecule has 0 saturated heterocycles. The van der Waals surface area contributed by atoms with E-state index in [1.54, 1.807) is 21.3 Å². The molecule has 0 bridgehead atoms. The third-order valence-corrected chi connectivity index (χ3v) is 4.05. The summed E-state index contributed by atoms with van der Waals surface area (Å²) in [6, 6.07) is 6.37. The van der Waals surface area contributed by atoms with Gasteiger partial charge in [-0.05, 0) is 18.9 Å². The van der Waals surface area contributed by atoms with Crippen molar-refractivity contribution in [1.29, 1.82) is 0 Å². The molecule has 4 heteroatoms. The fraction of sp³-hybridized carbons (Fsp3) is 0.625. The molecule has 1 aromatic carbocycles. The molecule has 1 saturated carbocycles. The van der Waals surface area contributed by atoms with Crippen LogP contribution in [-0.2, 0) is 11.3 Å². The van der Waals surface area contributed by atoms with Crippen LogP contribution in [-0.4, -0.2) is 33.5 Å². The van der Waals surface area contributed by atoms with Crippen molar-refractivity contribution in [2.45, 2.75) is 44.4 Å². The Morgan fingerprint density at radius 3 is 2.60 bits per heavy atom. The van der Waals surface area contributed by atoms with Crippen LogP contribution < -0.4 is 14.8 Å². The maximum Gasteiger partial charge on any atom is 0.127 e. The number of hydrogen-bond donors (Lipinski definition) is 1. The highest BCUT2D eigenvalue weighted by molar-refractivity contribution is 5.40. The minimum atomic E-state index is 0.327. The average molecular weight is 279 g/mol. The zero-order valence-corrected chi connectivity index (χ0v) is 12.6. The van der Waals surface area contributed by atoms with Crippen LogP contribution in [0.25, 0.3) is 0 Å². The van der Waals surface area contributed by atoms with Crippen molar-refractivity contribution in [3.63, 3.8) is 0 Å². The lowest BCUT2D eigenvalue weighted by atomic mass is 9.92. The van der Waals surface area contributed by atoms with Gasteiger partial charge in [0.2, 0.25) is 0 Å². The van der Waals surface area contributed by atoms with Gasteiger partial charge in [-0.15, -0.1) is 0 Å². The molecule has 2 atom stereocenters. The van der Waals surface area contributed by atoms with E-state index >= 15 is 0 Å². The predicted molar refractivity (Wildman–Crippen MR) is 79.4 cm³/mol. The molecule has 0 aliphatic heterocycles. The van der Waals surface area contributed by atoms with Crippen LogP contribution in [0.5, 0.6) is 11.5 Å². The first-order chi connectivity index (χ1) is 9.78. The van der Waals surface area contributed by atoms with Crippen LogP contribution in [0.4, 0.5) is 0 Å². The summed E-state index contributed by atoms with van der Waals surface area (Å²) < 4.78 is 16.2. The highest BCUT2D eigenvalue weighted by Gasteiger charge is 2.24. The molecular formula is C16H25NO3. The minimum Gasteiger partial charge on any atom is -0.497 e. The fourth-order valence-corrected chi connectivity index (χ4v) is 2.85. The molecule has 20 heavy (non-hydrogen) atoms. The SMILES string of the molecule is COc1ccc(CN[C@@H]2CCCC[C@H]2OC)c(OC)c1. The zero-order chi connectivity index (χ0) is 14.4. The standard InChI is InChI=1S/C16H25NO3/c1-18-13-9-8-12(16(10-13)20-3)11-17-14-6-4-5-7-15(14)19-2/h8-10,14-15,17H,4-7,11H2,1-3H3/t14-,15-/m1/s1. The van der Waals surface area contributed by atoms with E-state index in [0.29, 0.717) is 12.1 Å². The molecule has 2 rings (SSSR count). The summed E-state index contributed by atoms with van der Waals surface area (Å²) in [5.41, 5.74) is 1.15. The molecule has 1 N–H and O–H groups in total. The number of hydrogen-bond acceptors (Lipinski definition) is 4. The third-order valence-electron chi connectivity index (χ3n) is 4.05. The Morgan fingerprint density at radius 1 is 1.10 bits per heavy atom. The fourth-order valence-electron chi connectivity index (χ4n) is 2.85. The van der Waals surface area contributed by atoms with E-state index < -0.39 is 0 Å². The molecule has 1 aliphatic rings. The number of nitrogens with one attached hydrogen (secondary N) is 1. The molecular weight excluding hydrogens is 254 g/mol. The van der Waals surface area contributed by atoms with Gasteiger partial charge in [0.25, 0.3) is 0 Å². The first kappa shape index (κ1) is 15.1. The normalized spacial score (nSPS) is 22.6. The summed E-state index contributed by atoms with van der Waals surface area (Å²) in [5, 5.41) is 3.61. The van der Waals surface area contributed by atoms with Crippen LogP contribution in [0.15, 0.2) is 18.2 Å². The van der Waals surface area contributed by atoms with Crippen molar-refractivity contribution in [2.75, 3.05) is 21.3 Å². The Labute approximate surface area is 121 Å². The molecule has 0 spiro atoms. The average Bonchev–Trinajstić information content (AvgIpc) is 2.52. The quantitative estimate of drug-likeness (QED) is 0.869. The van der Waals surface area contributed by atoms with Crippen LogP contribution in [0.1, 0.15) is 31.2 Å². The Balaban J connectivity index is 1.99. The second-order valence-electron chi connectivity index (χ2n) is 5.22. The summed E-state index contributed by atoms with van der Waals surface area (Å²) in [6.45, 7) is 0.789. The summed E-state index contributed by atoms with van der Waals surface area (Å²) in [5.74, 6) is 1.68. The van der Waals surface area contributed by atoms with Crippen molar-refractivity contribution in [3.8, 4) is 11.5 Å². The highest BCUT2D eigenvalue weighted by Crippen LogP contribution is 2.26. The van der Waals surface area contributed by atoms with Crippen LogP contribution in [0.2, 0.25) is 0 Å². The van der Waals surface area contributed by atoms with Crippen molar-refractivity contribution in [1.82, 2.24) is 5.32 Å². The number of ether oxygens (including phenoxy) is 3. The smallest absolute Gasteiger partial charge is 0.127 e. The number of rotatable bonds is 6. The first-order valence-corrected chi connectivity index (χ1v) is 7.25. The predicted octanol–water partition coefficient (Wildman–Crippen LogP) is 2.75. The van der Waals surface area contributed by atoms with Gasteiger partial charge in [-0.25, -0.2) is 0 Å². The number of methoxy groups -OCH3 is 3. The Bertz CT molecular complexity index is 422. The molecule has 1 aliphatic carbocycles. The van der Waals surface area contributed by atoms with Gasteiger partial charge in [0.15, 0.2) is 0 Å². The molecule has 0 aromatic heterocycles. The van der Waals surface area contributed by atoms with Gasteiger partial charge in [0.1, 0.15) is 11.5 Å². The molecule has 1 fully saturated rings. The Hall–Kier alpha value is -1.26. The summed E-state index contributed by atoms with van der Waals surface area (Å²) >= 11 is 0. The summed E-state index contributed by atoms with van der Waals surface area (Å²) in [6.07, 6.45) is 5.19. The van der Waals surface area contributed by atoms with Gasteiger partial charge in [0.05, 0.1) is 20.3 Å². The van der Waals surface area contributed by atoms with E-state index in [1.165, 1.54) is 19.3 Å². The van der Waals surface area contributed by atoms with Crippen LogP contribution in [0, 0.1) is 0 Å². The summed E-state index contributed by atoms with van der Waals surface area (Å²) in [4.78, 5) is 0. The van der Waals surface area contributed by atoms with E-state index in [2.05, 4.69) is 11.4 Å². The minimum absolute atomic E-state index is 0.327. The van der Waals surface area contributed by atoms with Crippen molar-refractivity contribution in [2.24, 2.45) is 0 Å². The topological polar surface area (TPSA) is 39.7 Å². The van der Waals surface area contributed by atoms with Gasteiger partial charge < -0.3 is 19.5 Å². The molecule has 0 unspecified atom stereocenters. The Morgan fingerprint density at radius 2 is 1.90 bits per heavy atom. The molecule has 0 heterocycles. The maximum absolute atomic E-state index is 5.57. The molecule has 0 amide bonds. The monoisotopic (exact) mass is 279 g/mol. The van der Waals surface area contributed by atoms with Crippen LogP contribution in [0.3, 0.4) is 0 Å². The summed E-state index contributed by atoms with van der Waals surface area (Å²) in [7, 11) is 5.16. The van der Waals surface area contributed by atoms with Crippen molar-refractivity contribution < 1.29 is 14.2 Å². The third kappa shape index (κ3) is 3.64. The lowest BCUT2D eigenvalue weighted by molar-refractivity contribution is 0.0412. The maximum atomic E-state index is 5.57. The lowest BCUT2D eigenvalue weighted by Crippen LogP contribution is -2.42. The van der Waals surface area contributed by atoms with E-state index in [1.807, 2.05) is 12.1 Å². The lowest BCUT2D eigenvalue weighted by Gasteiger charge is -2.31. The largest absolute Gasteiger partial charge is 0.497 e. The van der Waals surface area contributed by atoms with Crippen molar-refractivity contribution in [3.05, 3.63) is 23.8 Å². The van der Waals surface area contributed by atoms with E-state index in [9.17, 15) is 0 Å². The van der Waals surface area contributed by atoms with Crippen molar-refractivity contribution >= 4 is 0 Å². The Kier molecular flexibility index (Phi) is 5.68. The first-order valence-electron chi connectivity index (χ1n) is 7.25. The van der Waals surface area contributed by atoms with E-state index in [4.69, 9.17) is 14.2 Å². The zero-order valence-electron chi connectivity index (χ0n) is 12.6. The van der Waals surface area contributed by atoms with Gasteiger partial charge >= 0.3 is 0 Å². The van der Waals surface area contributed by atoms with Gasteiger partial charge in [-0.1, -0.05) is 18.9 Å². The molecule has 0 radical (unpaired) electrons. The van der Waals surface area contributed by atoms with Gasteiger partial charge in [0, 0.05) is 31.3 Å². The van der Waals surface area contributed by atoms with E-state index in [-0.39, 0.29) is 0 Å². The highest BCUT2D eigenvalue weighted by atomic mass is 16.5. The van der Waals surface area contributed by atoms with Gasteiger partial charge in [-0.2, -0.15) is 0 Å². The molecule has 112 valence electrons. The molecule has 1 aromatic rings. The second-order valence-corrected chi connectivity index (χ2v) is 5.22. The molecule has 4 nitrogen and oxygen atoms in total. The van der Waals surface area contributed by atoms with Gasteiger partial charge in [-0.3, -0.25) is 0 Å². The second kappa shape index (κ2) is 7.50. The number of benzene rings is 1.